The SMILES string of the molecule is O=C(OCCCc1nc2ccccc2s1)c1cn(Cc2ccccc2)nn1. The Hall–Kier alpha value is -3.06. The van der Waals surface area contributed by atoms with Gasteiger partial charge < -0.3 is 4.74 Å². The van der Waals surface area contributed by atoms with Crippen LogP contribution >= 0.6 is 11.3 Å². The molecule has 136 valence electrons. The lowest BCUT2D eigenvalue weighted by Gasteiger charge is -2.01. The number of aryl methyl sites for hydroxylation is 1. The molecule has 6 nitrogen and oxygen atoms in total. The van der Waals surface area contributed by atoms with Gasteiger partial charge in [-0.05, 0) is 24.1 Å². The molecule has 4 aromatic rings. The van der Waals surface area contributed by atoms with E-state index in [0.717, 1.165) is 28.9 Å². The molecule has 0 unspecified atom stereocenters. The van der Waals surface area contributed by atoms with Gasteiger partial charge in [-0.1, -0.05) is 47.7 Å². The zero-order chi connectivity index (χ0) is 18.5. The lowest BCUT2D eigenvalue weighted by atomic mass is 10.2. The van der Waals surface area contributed by atoms with Crippen molar-refractivity contribution in [2.24, 2.45) is 0 Å². The molecule has 0 radical (unpaired) electrons. The minimum atomic E-state index is -0.446. The molecule has 2 aromatic heterocycles. The lowest BCUT2D eigenvalue weighted by Crippen LogP contribution is -2.07. The molecule has 0 saturated carbocycles. The van der Waals surface area contributed by atoms with Gasteiger partial charge in [0, 0.05) is 6.42 Å². The summed E-state index contributed by atoms with van der Waals surface area (Å²) in [5, 5.41) is 8.95. The molecule has 0 spiro atoms. The number of carbonyl (C=O) groups excluding carboxylic acids is 1. The maximum absolute atomic E-state index is 12.1. The quantitative estimate of drug-likeness (QED) is 0.362. The van der Waals surface area contributed by atoms with Gasteiger partial charge in [0.1, 0.15) is 0 Å². The maximum Gasteiger partial charge on any atom is 0.360 e. The van der Waals surface area contributed by atoms with Crippen LogP contribution in [0.3, 0.4) is 0 Å². The number of fused-ring (bicyclic) bond motifs is 1. The first-order valence-electron chi connectivity index (χ1n) is 8.73. The molecule has 2 aromatic carbocycles. The number of ether oxygens (including phenoxy) is 1. The first kappa shape index (κ1) is 17.4. The highest BCUT2D eigenvalue weighted by atomic mass is 32.1. The standard InChI is InChI=1S/C20H18N4O2S/c25-20(17-14-24(23-22-17)13-15-7-2-1-3-8-15)26-12-6-11-19-21-16-9-4-5-10-18(16)27-19/h1-5,7-10,14H,6,11-13H2. The Bertz CT molecular complexity index is 1010. The van der Waals surface area contributed by atoms with Gasteiger partial charge in [0.15, 0.2) is 5.69 Å². The predicted octanol–water partition coefficient (Wildman–Crippen LogP) is 3.73. The summed E-state index contributed by atoms with van der Waals surface area (Å²) in [4.78, 5) is 16.7. The van der Waals surface area contributed by atoms with Crippen molar-refractivity contribution in [2.45, 2.75) is 19.4 Å². The van der Waals surface area contributed by atoms with Gasteiger partial charge in [-0.15, -0.1) is 16.4 Å². The number of benzene rings is 2. The number of esters is 1. The highest BCUT2D eigenvalue weighted by molar-refractivity contribution is 7.18. The zero-order valence-electron chi connectivity index (χ0n) is 14.6. The Morgan fingerprint density at radius 2 is 1.89 bits per heavy atom. The second kappa shape index (κ2) is 8.09. The fourth-order valence-corrected chi connectivity index (χ4v) is 3.74. The third-order valence-electron chi connectivity index (χ3n) is 4.04. The fraction of sp³-hybridized carbons (Fsp3) is 0.200. The molecule has 0 bridgehead atoms. The predicted molar refractivity (Wildman–Crippen MR) is 104 cm³/mol. The summed E-state index contributed by atoms with van der Waals surface area (Å²) in [5.74, 6) is -0.446. The van der Waals surface area contributed by atoms with Gasteiger partial charge in [-0.3, -0.25) is 0 Å². The van der Waals surface area contributed by atoms with Gasteiger partial charge >= 0.3 is 5.97 Å². The third kappa shape index (κ3) is 4.38. The molecule has 0 aliphatic heterocycles. The monoisotopic (exact) mass is 378 g/mol. The summed E-state index contributed by atoms with van der Waals surface area (Å²) in [6.45, 7) is 0.902. The van der Waals surface area contributed by atoms with Crippen LogP contribution in [0, 0.1) is 0 Å². The number of hydrogen-bond donors (Lipinski definition) is 0. The Labute approximate surface area is 160 Å². The van der Waals surface area contributed by atoms with E-state index in [1.807, 2.05) is 48.5 Å². The van der Waals surface area contributed by atoms with Gasteiger partial charge in [0.05, 0.1) is 34.6 Å². The number of thiazole rings is 1. The van der Waals surface area contributed by atoms with Crippen molar-refractivity contribution in [3.05, 3.63) is 77.1 Å². The molecular formula is C20H18N4O2S. The second-order valence-corrected chi connectivity index (χ2v) is 7.22. The topological polar surface area (TPSA) is 69.9 Å². The van der Waals surface area contributed by atoms with Crippen LogP contribution in [-0.4, -0.2) is 32.6 Å². The largest absolute Gasteiger partial charge is 0.461 e. The van der Waals surface area contributed by atoms with Crippen LogP contribution in [0.4, 0.5) is 0 Å². The van der Waals surface area contributed by atoms with E-state index >= 15 is 0 Å². The number of hydrogen-bond acceptors (Lipinski definition) is 6. The van der Waals surface area contributed by atoms with E-state index in [1.54, 1.807) is 22.2 Å². The molecule has 0 saturated heterocycles. The summed E-state index contributed by atoms with van der Waals surface area (Å²) in [7, 11) is 0. The minimum Gasteiger partial charge on any atom is -0.461 e. The van der Waals surface area contributed by atoms with Crippen LogP contribution in [0.5, 0.6) is 0 Å². The molecule has 27 heavy (non-hydrogen) atoms. The first-order chi connectivity index (χ1) is 13.3. The summed E-state index contributed by atoms with van der Waals surface area (Å²) in [6, 6.07) is 18.0. The van der Waals surface area contributed by atoms with Gasteiger partial charge in [-0.25, -0.2) is 14.5 Å². The molecule has 0 fully saturated rings. The van der Waals surface area contributed by atoms with Gasteiger partial charge in [0.2, 0.25) is 0 Å². The fourth-order valence-electron chi connectivity index (χ4n) is 2.73. The lowest BCUT2D eigenvalue weighted by molar-refractivity contribution is 0.0493. The smallest absolute Gasteiger partial charge is 0.360 e. The molecule has 0 N–H and O–H groups in total. The molecule has 0 amide bonds. The second-order valence-electron chi connectivity index (χ2n) is 6.10. The maximum atomic E-state index is 12.1. The van der Waals surface area contributed by atoms with Crippen LogP contribution in [0.1, 0.15) is 27.5 Å². The van der Waals surface area contributed by atoms with E-state index in [9.17, 15) is 4.79 Å². The van der Waals surface area contributed by atoms with Crippen molar-refractivity contribution in [3.63, 3.8) is 0 Å². The molecule has 0 atom stereocenters. The number of aromatic nitrogens is 4. The number of para-hydroxylation sites is 1. The average Bonchev–Trinajstić information content (AvgIpc) is 3.32. The van der Waals surface area contributed by atoms with E-state index < -0.39 is 5.97 Å². The minimum absolute atomic E-state index is 0.228. The van der Waals surface area contributed by atoms with Gasteiger partial charge in [-0.2, -0.15) is 0 Å². The van der Waals surface area contributed by atoms with Crippen molar-refractivity contribution < 1.29 is 9.53 Å². The third-order valence-corrected chi connectivity index (χ3v) is 5.14. The Kier molecular flexibility index (Phi) is 5.20. The van der Waals surface area contributed by atoms with Crippen LogP contribution in [-0.2, 0) is 17.7 Å². The first-order valence-corrected chi connectivity index (χ1v) is 9.55. The highest BCUT2D eigenvalue weighted by Gasteiger charge is 2.12. The van der Waals surface area contributed by atoms with Crippen LogP contribution in [0.2, 0.25) is 0 Å². The normalized spacial score (nSPS) is 11.0. The molecule has 2 heterocycles. The van der Waals surface area contributed by atoms with Crippen LogP contribution in [0.25, 0.3) is 10.2 Å². The van der Waals surface area contributed by atoms with Gasteiger partial charge in [0.25, 0.3) is 0 Å². The summed E-state index contributed by atoms with van der Waals surface area (Å²) in [6.07, 6.45) is 3.12. The Morgan fingerprint density at radius 3 is 2.74 bits per heavy atom. The number of carbonyl (C=O) groups is 1. The Morgan fingerprint density at radius 1 is 1.07 bits per heavy atom. The molecule has 0 aliphatic rings. The van der Waals surface area contributed by atoms with Crippen molar-refractivity contribution in [2.75, 3.05) is 6.61 Å². The van der Waals surface area contributed by atoms with E-state index in [2.05, 4.69) is 21.4 Å². The van der Waals surface area contributed by atoms with E-state index in [4.69, 9.17) is 4.74 Å². The van der Waals surface area contributed by atoms with Crippen LogP contribution < -0.4 is 0 Å². The van der Waals surface area contributed by atoms with E-state index in [0.29, 0.717) is 13.2 Å². The van der Waals surface area contributed by atoms with E-state index in [1.165, 1.54) is 4.70 Å². The molecule has 0 aliphatic carbocycles. The average molecular weight is 378 g/mol. The number of rotatable bonds is 7. The summed E-state index contributed by atoms with van der Waals surface area (Å²) < 4.78 is 8.12. The van der Waals surface area contributed by atoms with Crippen molar-refractivity contribution in [1.29, 1.82) is 0 Å². The molecule has 4 rings (SSSR count). The summed E-state index contributed by atoms with van der Waals surface area (Å²) >= 11 is 1.68. The Balaban J connectivity index is 1.25. The van der Waals surface area contributed by atoms with Crippen molar-refractivity contribution >= 4 is 27.5 Å². The van der Waals surface area contributed by atoms with Crippen LogP contribution in [0.15, 0.2) is 60.8 Å². The highest BCUT2D eigenvalue weighted by Crippen LogP contribution is 2.22. The van der Waals surface area contributed by atoms with Crippen molar-refractivity contribution in [3.8, 4) is 0 Å². The molecule has 7 heteroatoms. The zero-order valence-corrected chi connectivity index (χ0v) is 15.4. The number of nitrogens with zero attached hydrogens (tertiary/aromatic N) is 4. The van der Waals surface area contributed by atoms with Crippen molar-refractivity contribution in [1.82, 2.24) is 20.0 Å². The van der Waals surface area contributed by atoms with E-state index in [-0.39, 0.29) is 5.69 Å². The molecular weight excluding hydrogens is 360 g/mol. The summed E-state index contributed by atoms with van der Waals surface area (Å²) in [5.41, 5.74) is 2.34.